The Labute approximate surface area is 227 Å². The van der Waals surface area contributed by atoms with E-state index < -0.39 is 29.8 Å². The van der Waals surface area contributed by atoms with Crippen LogP contribution < -0.4 is 22.1 Å². The van der Waals surface area contributed by atoms with Crippen molar-refractivity contribution in [3.63, 3.8) is 0 Å². The lowest BCUT2D eigenvalue weighted by atomic mass is 10.0. The molecule has 0 saturated heterocycles. The maximum atomic E-state index is 13.6. The number of aryl methyl sites for hydroxylation is 2. The molecule has 206 valence electrons. The molecule has 9 N–H and O–H groups in total. The zero-order valence-corrected chi connectivity index (χ0v) is 21.2. The van der Waals surface area contributed by atoms with Crippen LogP contribution in [0.3, 0.4) is 0 Å². The smallest absolute Gasteiger partial charge is 0.335 e. The van der Waals surface area contributed by atoms with Crippen molar-refractivity contribution in [2.75, 3.05) is 16.4 Å². The van der Waals surface area contributed by atoms with Crippen LogP contribution in [0.25, 0.3) is 11.0 Å². The number of hydrogen-bond acceptors (Lipinski definition) is 8. The minimum atomic E-state index is -1.42. The summed E-state index contributed by atoms with van der Waals surface area (Å²) in [6, 6.07) is 10.5. The average Bonchev–Trinajstić information content (AvgIpc) is 3.32. The number of nitrogens with zero attached hydrogens (tertiary/aromatic N) is 3. The summed E-state index contributed by atoms with van der Waals surface area (Å²) >= 11 is 0. The number of aromatic nitrogens is 3. The van der Waals surface area contributed by atoms with Gasteiger partial charge in [0.2, 0.25) is 11.9 Å². The van der Waals surface area contributed by atoms with Crippen LogP contribution in [-0.2, 0) is 22.4 Å². The monoisotopic (exact) mass is 545 g/mol. The molecule has 40 heavy (non-hydrogen) atoms. The van der Waals surface area contributed by atoms with E-state index in [1.54, 1.807) is 30.5 Å². The highest BCUT2D eigenvalue weighted by Crippen LogP contribution is 2.26. The molecule has 13 nitrogen and oxygen atoms in total. The number of nitrogens with two attached hydrogens (primary N) is 3. The van der Waals surface area contributed by atoms with E-state index in [1.165, 1.54) is 24.3 Å². The molecule has 0 unspecified atom stereocenters. The first-order valence-electron chi connectivity index (χ1n) is 12.2. The minimum absolute atomic E-state index is 0.0310. The summed E-state index contributed by atoms with van der Waals surface area (Å²) in [6.07, 6.45) is 2.50. The first-order valence-corrected chi connectivity index (χ1v) is 12.2. The highest BCUT2D eigenvalue weighted by atomic mass is 16.4. The van der Waals surface area contributed by atoms with E-state index in [2.05, 4.69) is 15.0 Å². The zero-order chi connectivity index (χ0) is 29.0. The second-order valence-corrected chi connectivity index (χ2v) is 9.09. The minimum Gasteiger partial charge on any atom is -0.480 e. The topological polar surface area (TPSA) is 232 Å². The Morgan fingerprint density at radius 1 is 0.900 bits per heavy atom. The van der Waals surface area contributed by atoms with Gasteiger partial charge in [0.1, 0.15) is 17.5 Å². The van der Waals surface area contributed by atoms with Crippen molar-refractivity contribution in [3.8, 4) is 0 Å². The van der Waals surface area contributed by atoms with Gasteiger partial charge in [-0.15, -0.1) is 0 Å². The molecule has 0 aliphatic heterocycles. The summed E-state index contributed by atoms with van der Waals surface area (Å²) in [5.74, 6) is -3.50. The van der Waals surface area contributed by atoms with E-state index in [4.69, 9.17) is 17.2 Å². The quantitative estimate of drug-likeness (QED) is 0.160. The molecule has 2 heterocycles. The van der Waals surface area contributed by atoms with Crippen molar-refractivity contribution < 1.29 is 29.4 Å². The Balaban J connectivity index is 1.58. The number of amides is 2. The molecule has 13 heteroatoms. The molecule has 4 aromatic rings. The molecule has 0 radical (unpaired) electrons. The average molecular weight is 546 g/mol. The molecule has 0 aliphatic rings. The number of anilines is 3. The van der Waals surface area contributed by atoms with Crippen LogP contribution in [0.15, 0.2) is 54.7 Å². The van der Waals surface area contributed by atoms with Gasteiger partial charge in [-0.3, -0.25) is 14.5 Å². The molecule has 2 aromatic heterocycles. The lowest BCUT2D eigenvalue weighted by molar-refractivity contribution is -0.138. The van der Waals surface area contributed by atoms with E-state index in [1.807, 2.05) is 0 Å². The third-order valence-corrected chi connectivity index (χ3v) is 6.41. The van der Waals surface area contributed by atoms with Gasteiger partial charge in [-0.1, -0.05) is 12.1 Å². The van der Waals surface area contributed by atoms with E-state index in [-0.39, 0.29) is 41.4 Å². The SMILES string of the molecule is NC(=O)CC[C@@H](C(=O)O)N(C(=O)c1ccc(CCc2c[nH]c3nc(N)nc(N)c23)cc1)c1ccc(C(=O)O)cc1. The molecule has 0 saturated carbocycles. The van der Waals surface area contributed by atoms with Gasteiger partial charge in [-0.05, 0) is 66.8 Å². The molecular weight excluding hydrogens is 518 g/mol. The fraction of sp³-hybridized carbons (Fsp3) is 0.185. The van der Waals surface area contributed by atoms with Gasteiger partial charge in [0, 0.05) is 23.9 Å². The summed E-state index contributed by atoms with van der Waals surface area (Å²) in [7, 11) is 0. The van der Waals surface area contributed by atoms with Gasteiger partial charge in [0.15, 0.2) is 0 Å². The molecular formula is C27H27N7O6. The fourth-order valence-corrected chi connectivity index (χ4v) is 4.42. The maximum absolute atomic E-state index is 13.6. The van der Waals surface area contributed by atoms with Gasteiger partial charge >= 0.3 is 11.9 Å². The number of aromatic amines is 1. The van der Waals surface area contributed by atoms with Gasteiger partial charge in [-0.25, -0.2) is 9.59 Å². The zero-order valence-electron chi connectivity index (χ0n) is 21.2. The molecule has 0 fully saturated rings. The molecule has 1 atom stereocenters. The van der Waals surface area contributed by atoms with E-state index in [0.29, 0.717) is 23.9 Å². The largest absolute Gasteiger partial charge is 0.480 e. The van der Waals surface area contributed by atoms with Crippen LogP contribution in [0, 0.1) is 0 Å². The number of primary amides is 1. The lowest BCUT2D eigenvalue weighted by Crippen LogP contribution is -2.46. The van der Waals surface area contributed by atoms with Gasteiger partial charge in [0.25, 0.3) is 5.91 Å². The molecule has 4 rings (SSSR count). The molecule has 2 aromatic carbocycles. The van der Waals surface area contributed by atoms with Crippen LogP contribution in [0.5, 0.6) is 0 Å². The Kier molecular flexibility index (Phi) is 7.94. The highest BCUT2D eigenvalue weighted by Gasteiger charge is 2.32. The standard InChI is InChI=1S/C27H27N7O6/c28-20(35)12-11-19(26(39)40)34(18-9-7-16(8-10-18)25(37)38)24(36)15-4-1-14(2-5-15)3-6-17-13-31-23-21(17)22(29)32-27(30)33-23/h1-2,4-5,7-10,13,19H,3,6,11-12H2,(H2,28,35)(H,37,38)(H,39,40)(H5,29,30,31,32,33)/t19-/m0/s1. The molecule has 0 bridgehead atoms. The Morgan fingerprint density at radius 3 is 2.15 bits per heavy atom. The number of carboxylic acid groups (broad SMARTS) is 2. The van der Waals surface area contributed by atoms with E-state index >= 15 is 0 Å². The first-order chi connectivity index (χ1) is 19.0. The van der Waals surface area contributed by atoms with Crippen LogP contribution >= 0.6 is 0 Å². The molecule has 2 amide bonds. The van der Waals surface area contributed by atoms with Crippen LogP contribution in [0.1, 0.15) is 44.7 Å². The number of carbonyl (C=O) groups is 4. The normalized spacial score (nSPS) is 11.7. The Morgan fingerprint density at radius 2 is 1.55 bits per heavy atom. The summed E-state index contributed by atoms with van der Waals surface area (Å²) in [4.78, 5) is 60.6. The van der Waals surface area contributed by atoms with Crippen molar-refractivity contribution in [2.24, 2.45) is 5.73 Å². The number of nitrogens with one attached hydrogen (secondary N) is 1. The van der Waals surface area contributed by atoms with Crippen molar-refractivity contribution >= 4 is 52.2 Å². The number of H-pyrrole nitrogens is 1. The number of fused-ring (bicyclic) bond motifs is 1. The van der Waals surface area contributed by atoms with Gasteiger partial charge in [0.05, 0.1) is 10.9 Å². The number of hydrogen-bond donors (Lipinski definition) is 6. The predicted molar refractivity (Wildman–Crippen MR) is 147 cm³/mol. The summed E-state index contributed by atoms with van der Waals surface area (Å²) in [6.45, 7) is 0. The third-order valence-electron chi connectivity index (χ3n) is 6.41. The van der Waals surface area contributed by atoms with Gasteiger partial charge < -0.3 is 32.4 Å². The number of benzene rings is 2. The third kappa shape index (κ3) is 5.99. The number of aromatic carboxylic acids is 1. The number of nitrogen functional groups attached to an aromatic ring is 2. The fourth-order valence-electron chi connectivity index (χ4n) is 4.42. The van der Waals surface area contributed by atoms with Crippen molar-refractivity contribution in [1.29, 1.82) is 0 Å². The van der Waals surface area contributed by atoms with Crippen LogP contribution in [0.2, 0.25) is 0 Å². The number of rotatable bonds is 11. The number of carbonyl (C=O) groups excluding carboxylic acids is 2. The maximum Gasteiger partial charge on any atom is 0.335 e. The molecule has 0 aliphatic carbocycles. The van der Waals surface area contributed by atoms with E-state index in [9.17, 15) is 29.4 Å². The number of aliphatic carboxylic acids is 1. The highest BCUT2D eigenvalue weighted by molar-refractivity contribution is 6.09. The molecule has 0 spiro atoms. The van der Waals surface area contributed by atoms with Crippen LogP contribution in [0.4, 0.5) is 17.5 Å². The van der Waals surface area contributed by atoms with Gasteiger partial charge in [-0.2, -0.15) is 9.97 Å². The lowest BCUT2D eigenvalue weighted by Gasteiger charge is -2.29. The second-order valence-electron chi connectivity index (χ2n) is 9.09. The van der Waals surface area contributed by atoms with Crippen LogP contribution in [-0.4, -0.2) is 55.0 Å². The summed E-state index contributed by atoms with van der Waals surface area (Å²) in [5.41, 5.74) is 19.6. The second kappa shape index (κ2) is 11.5. The Bertz CT molecular complexity index is 1580. The van der Waals surface area contributed by atoms with E-state index in [0.717, 1.165) is 16.0 Å². The predicted octanol–water partition coefficient (Wildman–Crippen LogP) is 1.97. The number of carboxylic acids is 2. The first kappa shape index (κ1) is 27.6. The van der Waals surface area contributed by atoms with Crippen molar-refractivity contribution in [1.82, 2.24) is 15.0 Å². The van der Waals surface area contributed by atoms with Crippen molar-refractivity contribution in [2.45, 2.75) is 31.7 Å². The Hall–Kier alpha value is -5.46. The van der Waals surface area contributed by atoms with Crippen molar-refractivity contribution in [3.05, 3.63) is 77.0 Å². The summed E-state index contributed by atoms with van der Waals surface area (Å²) in [5, 5.41) is 19.8. The summed E-state index contributed by atoms with van der Waals surface area (Å²) < 4.78 is 0.